The number of hydrogen-bond acceptors (Lipinski definition) is 1. The maximum atomic E-state index is 2.41. The lowest BCUT2D eigenvalue weighted by atomic mass is 9.81. The zero-order chi connectivity index (χ0) is 19.5. The minimum absolute atomic E-state index is 0.0454. The molecule has 1 aliphatic carbocycles. The monoisotopic (exact) mass is 380 g/mol. The fourth-order valence-corrected chi connectivity index (χ4v) is 5.38. The molecule has 0 aliphatic heterocycles. The maximum absolute atomic E-state index is 2.41. The SMILES string of the molecule is Cc1ccc(-c2ccc(-c3ccc4c(c3)C(C)(C)c3cc(C)ccc3-4)s2)cc1. The molecule has 4 aromatic rings. The standard InChI is InChI=1S/C27H24S/c1-17-5-8-19(9-6-17)25-13-14-26(28-25)20-10-12-22-21-11-7-18(2)15-23(21)27(3,4)24(22)16-20/h5-16H,1-4H3. The Bertz CT molecular complexity index is 1190. The molecule has 1 aliphatic rings. The van der Waals surface area contributed by atoms with Crippen molar-refractivity contribution in [2.75, 3.05) is 0 Å². The van der Waals surface area contributed by atoms with E-state index >= 15 is 0 Å². The van der Waals surface area contributed by atoms with Crippen LogP contribution in [0.2, 0.25) is 0 Å². The Hall–Kier alpha value is -2.64. The molecule has 0 unspecified atom stereocenters. The van der Waals surface area contributed by atoms with Gasteiger partial charge in [0.1, 0.15) is 0 Å². The minimum Gasteiger partial charge on any atom is -0.135 e. The second-order valence-corrected chi connectivity index (χ2v) is 9.55. The summed E-state index contributed by atoms with van der Waals surface area (Å²) in [5.41, 5.74) is 11.0. The smallest absolute Gasteiger partial charge is 0.0349 e. The fraction of sp³-hybridized carbons (Fsp3) is 0.185. The van der Waals surface area contributed by atoms with Crippen LogP contribution < -0.4 is 0 Å². The Labute approximate surface area is 171 Å². The zero-order valence-electron chi connectivity index (χ0n) is 16.8. The predicted molar refractivity (Wildman–Crippen MR) is 122 cm³/mol. The number of thiophene rings is 1. The highest BCUT2D eigenvalue weighted by atomic mass is 32.1. The van der Waals surface area contributed by atoms with Crippen LogP contribution in [0, 0.1) is 13.8 Å². The van der Waals surface area contributed by atoms with E-state index in [0.717, 1.165) is 0 Å². The van der Waals surface area contributed by atoms with Crippen LogP contribution in [0.3, 0.4) is 0 Å². The molecular formula is C27H24S. The molecule has 0 saturated heterocycles. The first-order valence-electron chi connectivity index (χ1n) is 9.87. The average molecular weight is 381 g/mol. The van der Waals surface area contributed by atoms with Crippen molar-refractivity contribution in [3.63, 3.8) is 0 Å². The van der Waals surface area contributed by atoms with E-state index in [2.05, 4.69) is 100 Å². The van der Waals surface area contributed by atoms with Gasteiger partial charge < -0.3 is 0 Å². The number of rotatable bonds is 2. The molecule has 0 nitrogen and oxygen atoms in total. The third-order valence-electron chi connectivity index (χ3n) is 6.06. The van der Waals surface area contributed by atoms with Crippen LogP contribution in [0.25, 0.3) is 32.0 Å². The summed E-state index contributed by atoms with van der Waals surface area (Å²) in [7, 11) is 0. The van der Waals surface area contributed by atoms with E-state index in [1.807, 2.05) is 11.3 Å². The van der Waals surface area contributed by atoms with E-state index in [4.69, 9.17) is 0 Å². The molecule has 0 radical (unpaired) electrons. The van der Waals surface area contributed by atoms with E-state index in [-0.39, 0.29) is 5.41 Å². The van der Waals surface area contributed by atoms with Gasteiger partial charge in [-0.3, -0.25) is 0 Å². The molecule has 0 bridgehead atoms. The summed E-state index contributed by atoms with van der Waals surface area (Å²) < 4.78 is 0. The second-order valence-electron chi connectivity index (χ2n) is 8.46. The van der Waals surface area contributed by atoms with Crippen molar-refractivity contribution in [1.82, 2.24) is 0 Å². The third kappa shape index (κ3) is 2.65. The van der Waals surface area contributed by atoms with E-state index in [1.165, 1.54) is 54.3 Å². The van der Waals surface area contributed by atoms with Gasteiger partial charge in [0.2, 0.25) is 0 Å². The van der Waals surface area contributed by atoms with E-state index in [0.29, 0.717) is 0 Å². The van der Waals surface area contributed by atoms with Gasteiger partial charge in [-0.2, -0.15) is 0 Å². The lowest BCUT2D eigenvalue weighted by Crippen LogP contribution is -2.15. The Morgan fingerprint density at radius 3 is 1.82 bits per heavy atom. The molecule has 138 valence electrons. The number of hydrogen-bond donors (Lipinski definition) is 0. The normalized spacial score (nSPS) is 14.0. The highest BCUT2D eigenvalue weighted by Gasteiger charge is 2.35. The van der Waals surface area contributed by atoms with Crippen molar-refractivity contribution < 1.29 is 0 Å². The predicted octanol–water partition coefficient (Wildman–Crippen LogP) is 8.01. The van der Waals surface area contributed by atoms with E-state index in [1.54, 1.807) is 0 Å². The largest absolute Gasteiger partial charge is 0.135 e. The summed E-state index contributed by atoms with van der Waals surface area (Å²) in [4.78, 5) is 2.66. The van der Waals surface area contributed by atoms with Crippen molar-refractivity contribution >= 4 is 11.3 Å². The van der Waals surface area contributed by atoms with Gasteiger partial charge in [0.05, 0.1) is 0 Å². The van der Waals surface area contributed by atoms with Gasteiger partial charge in [-0.05, 0) is 65.4 Å². The van der Waals surface area contributed by atoms with Crippen LogP contribution in [-0.2, 0) is 5.41 Å². The minimum atomic E-state index is 0.0454. The summed E-state index contributed by atoms with van der Waals surface area (Å²) in [6.07, 6.45) is 0. The molecule has 0 fully saturated rings. The summed E-state index contributed by atoms with van der Waals surface area (Å²) in [5, 5.41) is 0. The first kappa shape index (κ1) is 17.5. The van der Waals surface area contributed by atoms with Gasteiger partial charge in [-0.15, -0.1) is 11.3 Å². The molecule has 5 rings (SSSR count). The molecule has 0 N–H and O–H groups in total. The Morgan fingerprint density at radius 1 is 0.571 bits per heavy atom. The van der Waals surface area contributed by atoms with Gasteiger partial charge in [-0.25, -0.2) is 0 Å². The van der Waals surface area contributed by atoms with Gasteiger partial charge in [0.25, 0.3) is 0 Å². The molecule has 1 heterocycles. The number of benzene rings is 3. The summed E-state index contributed by atoms with van der Waals surface area (Å²) in [5.74, 6) is 0. The third-order valence-corrected chi connectivity index (χ3v) is 7.24. The van der Waals surface area contributed by atoms with Gasteiger partial charge >= 0.3 is 0 Å². The molecule has 0 atom stereocenters. The second kappa shape index (κ2) is 6.18. The molecule has 0 spiro atoms. The zero-order valence-corrected chi connectivity index (χ0v) is 17.7. The van der Waals surface area contributed by atoms with Crippen molar-refractivity contribution in [3.05, 3.63) is 95.1 Å². The quantitative estimate of drug-likeness (QED) is 0.330. The summed E-state index contributed by atoms with van der Waals surface area (Å²) >= 11 is 1.88. The molecule has 1 heteroatoms. The summed E-state index contributed by atoms with van der Waals surface area (Å²) in [6.45, 7) is 9.03. The molecule has 3 aromatic carbocycles. The van der Waals surface area contributed by atoms with Crippen molar-refractivity contribution in [2.45, 2.75) is 33.1 Å². The van der Waals surface area contributed by atoms with Crippen LogP contribution in [0.5, 0.6) is 0 Å². The highest BCUT2D eigenvalue weighted by molar-refractivity contribution is 7.18. The molecule has 0 amide bonds. The first-order chi connectivity index (χ1) is 13.4. The summed E-state index contributed by atoms with van der Waals surface area (Å²) in [6, 6.07) is 27.2. The van der Waals surface area contributed by atoms with E-state index in [9.17, 15) is 0 Å². The molecule has 28 heavy (non-hydrogen) atoms. The van der Waals surface area contributed by atoms with Crippen molar-refractivity contribution in [3.8, 4) is 32.0 Å². The topological polar surface area (TPSA) is 0 Å². The lowest BCUT2D eigenvalue weighted by molar-refractivity contribution is 0.660. The molecule has 1 aromatic heterocycles. The van der Waals surface area contributed by atoms with Gasteiger partial charge in [0, 0.05) is 15.2 Å². The van der Waals surface area contributed by atoms with Gasteiger partial charge in [-0.1, -0.05) is 79.6 Å². The Kier molecular flexibility index (Phi) is 3.86. The fourth-order valence-electron chi connectivity index (χ4n) is 4.37. The Balaban J connectivity index is 1.57. The Morgan fingerprint density at radius 2 is 1.11 bits per heavy atom. The first-order valence-corrected chi connectivity index (χ1v) is 10.7. The lowest BCUT2D eigenvalue weighted by Gasteiger charge is -2.22. The van der Waals surface area contributed by atoms with Crippen LogP contribution in [0.1, 0.15) is 36.1 Å². The molecule has 0 saturated carbocycles. The molecular weight excluding hydrogens is 356 g/mol. The average Bonchev–Trinajstić information content (AvgIpc) is 3.25. The van der Waals surface area contributed by atoms with Gasteiger partial charge in [0.15, 0.2) is 0 Å². The van der Waals surface area contributed by atoms with Crippen molar-refractivity contribution in [1.29, 1.82) is 0 Å². The maximum Gasteiger partial charge on any atom is 0.0349 e. The highest BCUT2D eigenvalue weighted by Crippen LogP contribution is 2.50. The van der Waals surface area contributed by atoms with E-state index < -0.39 is 0 Å². The number of aryl methyl sites for hydroxylation is 2. The van der Waals surface area contributed by atoms with Crippen LogP contribution >= 0.6 is 11.3 Å². The van der Waals surface area contributed by atoms with Crippen LogP contribution in [-0.4, -0.2) is 0 Å². The number of fused-ring (bicyclic) bond motifs is 3. The van der Waals surface area contributed by atoms with Crippen LogP contribution in [0.4, 0.5) is 0 Å². The van der Waals surface area contributed by atoms with Crippen LogP contribution in [0.15, 0.2) is 72.8 Å². The van der Waals surface area contributed by atoms with Crippen molar-refractivity contribution in [2.24, 2.45) is 0 Å².